The number of hydrogen-bond donors (Lipinski definition) is 4. The molecule has 3 rings (SSSR count). The zero-order chi connectivity index (χ0) is 32.0. The number of para-hydroxylation sites is 1. The third kappa shape index (κ3) is 11.3. The minimum atomic E-state index is -3.38. The predicted molar refractivity (Wildman–Crippen MR) is 184 cm³/mol. The average molecular weight is 633 g/mol. The molecule has 0 radical (unpaired) electrons. The molecule has 248 valence electrons. The van der Waals surface area contributed by atoms with E-state index < -0.39 is 10.0 Å². The van der Waals surface area contributed by atoms with E-state index in [1.165, 1.54) is 11.3 Å². The summed E-state index contributed by atoms with van der Waals surface area (Å²) in [5.41, 5.74) is 2.75. The van der Waals surface area contributed by atoms with Gasteiger partial charge in [0, 0.05) is 63.5 Å². The summed E-state index contributed by atoms with van der Waals surface area (Å²) in [6.07, 6.45) is 1.43. The third-order valence-electron chi connectivity index (χ3n) is 8.23. The fraction of sp³-hybridized carbons (Fsp3) is 0.710. The van der Waals surface area contributed by atoms with Crippen LogP contribution >= 0.6 is 0 Å². The van der Waals surface area contributed by atoms with E-state index in [-0.39, 0.29) is 17.7 Å². The summed E-state index contributed by atoms with van der Waals surface area (Å²) in [5.74, 6) is 1.50. The number of rotatable bonds is 22. The molecule has 4 N–H and O–H groups in total. The lowest BCUT2D eigenvalue weighted by Crippen LogP contribution is -2.32. The van der Waals surface area contributed by atoms with Gasteiger partial charge in [-0.25, -0.2) is 13.1 Å². The van der Waals surface area contributed by atoms with Crippen molar-refractivity contribution in [3.8, 4) is 0 Å². The van der Waals surface area contributed by atoms with E-state index in [0.717, 1.165) is 58.8 Å². The van der Waals surface area contributed by atoms with Crippen LogP contribution in [0.5, 0.6) is 0 Å². The molecule has 44 heavy (non-hydrogen) atoms. The number of fused-ring (bicyclic) bond motifs is 1. The molecule has 1 aromatic carbocycles. The van der Waals surface area contributed by atoms with Gasteiger partial charge >= 0.3 is 0 Å². The average Bonchev–Trinajstić information content (AvgIpc) is 3.27. The minimum absolute atomic E-state index is 0.110. The SMILES string of the molecule is CCN(CC)CCNc1nc(NCCNS(=O)(=O)CCCCN2CC(C)(C)c3ccccc32)nc(NCCN(CC)CC)n1. The highest BCUT2D eigenvalue weighted by atomic mass is 32.2. The van der Waals surface area contributed by atoms with Gasteiger partial charge in [-0.1, -0.05) is 59.7 Å². The summed E-state index contributed by atoms with van der Waals surface area (Å²) in [6.45, 7) is 22.7. The molecule has 0 saturated carbocycles. The van der Waals surface area contributed by atoms with Gasteiger partial charge < -0.3 is 30.7 Å². The second kappa shape index (κ2) is 17.7. The molecule has 0 bridgehead atoms. The molecule has 0 spiro atoms. The minimum Gasteiger partial charge on any atom is -0.370 e. The summed E-state index contributed by atoms with van der Waals surface area (Å²) < 4.78 is 28.1. The normalized spacial score (nSPS) is 14.3. The van der Waals surface area contributed by atoms with E-state index in [1.54, 1.807) is 0 Å². The molecule has 0 fully saturated rings. The topological polar surface area (TPSA) is 131 Å². The van der Waals surface area contributed by atoms with Crippen LogP contribution < -0.4 is 25.6 Å². The van der Waals surface area contributed by atoms with Crippen LogP contribution in [0.15, 0.2) is 24.3 Å². The Morgan fingerprint density at radius 3 is 1.84 bits per heavy atom. The van der Waals surface area contributed by atoms with E-state index in [4.69, 9.17) is 0 Å². The Morgan fingerprint density at radius 2 is 1.30 bits per heavy atom. The molecule has 0 unspecified atom stereocenters. The Kier molecular flexibility index (Phi) is 14.4. The van der Waals surface area contributed by atoms with Crippen molar-refractivity contribution in [1.29, 1.82) is 0 Å². The molecule has 1 aliphatic heterocycles. The molecule has 0 amide bonds. The maximum absolute atomic E-state index is 12.7. The van der Waals surface area contributed by atoms with Crippen molar-refractivity contribution >= 4 is 33.6 Å². The Labute approximate surface area is 265 Å². The van der Waals surface area contributed by atoms with Gasteiger partial charge in [0.05, 0.1) is 5.75 Å². The molecular weight excluding hydrogens is 576 g/mol. The number of benzene rings is 1. The van der Waals surface area contributed by atoms with Crippen molar-refractivity contribution in [2.75, 3.05) is 105 Å². The van der Waals surface area contributed by atoms with Crippen molar-refractivity contribution in [2.45, 2.75) is 59.8 Å². The second-order valence-electron chi connectivity index (χ2n) is 11.9. The van der Waals surface area contributed by atoms with Crippen LogP contribution in [0, 0.1) is 0 Å². The first kappa shape index (κ1) is 35.7. The largest absolute Gasteiger partial charge is 0.370 e. The van der Waals surface area contributed by atoms with Gasteiger partial charge in [0.25, 0.3) is 0 Å². The Bertz CT molecular complexity index is 1200. The zero-order valence-electron chi connectivity index (χ0n) is 27.8. The number of anilines is 4. The first-order valence-corrected chi connectivity index (χ1v) is 18.0. The highest BCUT2D eigenvalue weighted by Gasteiger charge is 2.34. The van der Waals surface area contributed by atoms with E-state index in [1.807, 2.05) is 0 Å². The first-order valence-electron chi connectivity index (χ1n) is 16.3. The predicted octanol–water partition coefficient (Wildman–Crippen LogP) is 3.29. The fourth-order valence-corrected chi connectivity index (χ4v) is 6.70. The van der Waals surface area contributed by atoms with Crippen molar-refractivity contribution in [2.24, 2.45) is 0 Å². The van der Waals surface area contributed by atoms with Crippen LogP contribution in [-0.2, 0) is 15.4 Å². The van der Waals surface area contributed by atoms with E-state index in [2.05, 4.69) is 116 Å². The molecule has 0 aliphatic carbocycles. The number of likely N-dealkylation sites (N-methyl/N-ethyl adjacent to an activating group) is 2. The Morgan fingerprint density at radius 1 is 0.773 bits per heavy atom. The number of unbranched alkanes of at least 4 members (excludes halogenated alkanes) is 1. The lowest BCUT2D eigenvalue weighted by atomic mass is 9.87. The number of sulfonamides is 1. The third-order valence-corrected chi connectivity index (χ3v) is 9.70. The summed E-state index contributed by atoms with van der Waals surface area (Å²) in [5, 5.41) is 9.79. The zero-order valence-corrected chi connectivity index (χ0v) is 28.6. The van der Waals surface area contributed by atoms with Crippen LogP contribution in [0.2, 0.25) is 0 Å². The lowest BCUT2D eigenvalue weighted by Gasteiger charge is -2.22. The number of aromatic nitrogens is 3. The summed E-state index contributed by atoms with van der Waals surface area (Å²) in [7, 11) is -3.38. The summed E-state index contributed by atoms with van der Waals surface area (Å²) >= 11 is 0. The van der Waals surface area contributed by atoms with Crippen molar-refractivity contribution in [3.05, 3.63) is 29.8 Å². The molecule has 13 heteroatoms. The molecule has 2 aromatic rings. The standard InChI is InChI=1S/C31H56N10O2S/c1-7-39(8-2)22-19-33-29-36-28(37-30(38-29)34-20-23-40(9-3)10-4)32-17-18-35-44(42,43)24-14-13-21-41-25-31(5,6)26-15-11-12-16-27(26)41/h11-12,15-16,35H,7-10,13-14,17-25H2,1-6H3,(H3,32,33,34,36,37,38). The van der Waals surface area contributed by atoms with E-state index >= 15 is 0 Å². The van der Waals surface area contributed by atoms with Crippen LogP contribution in [0.4, 0.5) is 23.5 Å². The van der Waals surface area contributed by atoms with Gasteiger partial charge in [-0.2, -0.15) is 15.0 Å². The monoisotopic (exact) mass is 632 g/mol. The molecule has 0 atom stereocenters. The van der Waals surface area contributed by atoms with Gasteiger partial charge in [-0.15, -0.1) is 0 Å². The lowest BCUT2D eigenvalue weighted by molar-refractivity contribution is 0.315. The highest BCUT2D eigenvalue weighted by molar-refractivity contribution is 7.89. The van der Waals surface area contributed by atoms with Gasteiger partial charge in [0.1, 0.15) is 0 Å². The quantitative estimate of drug-likeness (QED) is 0.143. The van der Waals surface area contributed by atoms with E-state index in [9.17, 15) is 8.42 Å². The number of nitrogens with zero attached hydrogens (tertiary/aromatic N) is 6. The Balaban J connectivity index is 1.45. The van der Waals surface area contributed by atoms with Crippen LogP contribution in [-0.4, -0.2) is 117 Å². The highest BCUT2D eigenvalue weighted by Crippen LogP contribution is 2.40. The van der Waals surface area contributed by atoms with Crippen molar-refractivity contribution < 1.29 is 8.42 Å². The maximum atomic E-state index is 12.7. The van der Waals surface area contributed by atoms with Crippen LogP contribution in [0.3, 0.4) is 0 Å². The van der Waals surface area contributed by atoms with Gasteiger partial charge in [0.15, 0.2) is 0 Å². The maximum Gasteiger partial charge on any atom is 0.229 e. The summed E-state index contributed by atoms with van der Waals surface area (Å²) in [6, 6.07) is 8.53. The molecular formula is C31H56N10O2S. The second-order valence-corrected chi connectivity index (χ2v) is 13.8. The number of nitrogens with one attached hydrogen (secondary N) is 4. The van der Waals surface area contributed by atoms with Crippen molar-refractivity contribution in [1.82, 2.24) is 29.5 Å². The van der Waals surface area contributed by atoms with Crippen molar-refractivity contribution in [3.63, 3.8) is 0 Å². The molecule has 12 nitrogen and oxygen atoms in total. The first-order chi connectivity index (χ1) is 21.1. The molecule has 1 aromatic heterocycles. The van der Waals surface area contributed by atoms with Gasteiger partial charge in [-0.3, -0.25) is 0 Å². The van der Waals surface area contributed by atoms with Crippen LogP contribution in [0.1, 0.15) is 59.9 Å². The van der Waals surface area contributed by atoms with Gasteiger partial charge in [-0.05, 0) is 50.7 Å². The smallest absolute Gasteiger partial charge is 0.229 e. The molecule has 0 saturated heterocycles. The van der Waals surface area contributed by atoms with Crippen LogP contribution in [0.25, 0.3) is 0 Å². The Hall–Kier alpha value is -2.74. The molecule has 2 heterocycles. The summed E-state index contributed by atoms with van der Waals surface area (Å²) in [4.78, 5) is 20.6. The number of hydrogen-bond acceptors (Lipinski definition) is 11. The van der Waals surface area contributed by atoms with Gasteiger partial charge in [0.2, 0.25) is 27.9 Å². The molecule has 1 aliphatic rings. The fourth-order valence-electron chi connectivity index (χ4n) is 5.56. The van der Waals surface area contributed by atoms with E-state index in [0.29, 0.717) is 43.9 Å².